The molecule has 4 atom stereocenters. The van der Waals surface area contributed by atoms with Crippen LogP contribution in [0, 0.1) is 17.8 Å². The van der Waals surface area contributed by atoms with Crippen molar-refractivity contribution in [2.45, 2.75) is 12.0 Å². The van der Waals surface area contributed by atoms with Gasteiger partial charge in [0.15, 0.2) is 0 Å². The topological polar surface area (TPSA) is 118 Å². The number of carboxylic acids is 2. The minimum atomic E-state index is -1.66. The number of aliphatic carboxylic acids is 2. The molecule has 2 aliphatic rings. The number of hydrogen-bond acceptors (Lipinski definition) is 4. The number of Topliss-reactive ketones (excluding diaryl/α,β-unsaturated/α-hetero) is 1. The summed E-state index contributed by atoms with van der Waals surface area (Å²) in [6.07, 6.45) is -0.249. The van der Waals surface area contributed by atoms with Gasteiger partial charge in [-0.1, -0.05) is 0 Å². The summed E-state index contributed by atoms with van der Waals surface area (Å²) in [6.45, 7) is 0. The Hall–Kier alpha value is -1.43. The van der Waals surface area contributed by atoms with E-state index in [1.165, 1.54) is 0 Å². The summed E-state index contributed by atoms with van der Waals surface area (Å²) < 4.78 is 0. The molecule has 0 saturated heterocycles. The number of nitrogens with two attached hydrogens (primary N) is 1. The summed E-state index contributed by atoms with van der Waals surface area (Å²) in [4.78, 5) is 32.7. The smallest absolute Gasteiger partial charge is 0.324 e. The maximum Gasteiger partial charge on any atom is 0.324 e. The number of hydrogen-bond donors (Lipinski definition) is 3. The summed E-state index contributed by atoms with van der Waals surface area (Å²) in [6, 6.07) is 0. The molecule has 0 aromatic rings. The van der Waals surface area contributed by atoms with Crippen LogP contribution >= 0.6 is 0 Å². The molecule has 0 amide bonds. The third kappa shape index (κ3) is 0.859. The van der Waals surface area contributed by atoms with Crippen LogP contribution in [-0.2, 0) is 14.4 Å². The SMILES string of the molecule is N[C@@]1(C(=O)O)CC(=O)[C@@H]2[C@@H](C(=O)O)[C@@H]21. The van der Waals surface area contributed by atoms with Gasteiger partial charge < -0.3 is 15.9 Å². The van der Waals surface area contributed by atoms with E-state index in [9.17, 15) is 14.4 Å². The molecule has 0 aromatic heterocycles. The predicted molar refractivity (Wildman–Crippen MR) is 42.3 cm³/mol. The Bertz CT molecular complexity index is 348. The van der Waals surface area contributed by atoms with Crippen molar-refractivity contribution in [2.24, 2.45) is 23.5 Å². The highest BCUT2D eigenvalue weighted by Crippen LogP contribution is 2.59. The monoisotopic (exact) mass is 199 g/mol. The van der Waals surface area contributed by atoms with Crippen LogP contribution in [0.2, 0.25) is 0 Å². The zero-order chi connectivity index (χ0) is 10.7. The molecular weight excluding hydrogens is 190 g/mol. The number of carboxylic acid groups (broad SMARTS) is 2. The van der Waals surface area contributed by atoms with Crippen LogP contribution in [0.15, 0.2) is 0 Å². The third-order valence-corrected chi connectivity index (χ3v) is 3.14. The van der Waals surface area contributed by atoms with E-state index in [0.29, 0.717) is 0 Å². The molecule has 0 heterocycles. The van der Waals surface area contributed by atoms with Gasteiger partial charge in [-0.05, 0) is 0 Å². The predicted octanol–water partition coefficient (Wildman–Crippen LogP) is -1.31. The minimum Gasteiger partial charge on any atom is -0.481 e. The van der Waals surface area contributed by atoms with Gasteiger partial charge in [0, 0.05) is 18.3 Å². The van der Waals surface area contributed by atoms with Crippen LogP contribution in [0.1, 0.15) is 6.42 Å². The highest BCUT2D eigenvalue weighted by Gasteiger charge is 2.74. The summed E-state index contributed by atoms with van der Waals surface area (Å²) in [7, 11) is 0. The molecule has 0 aliphatic heterocycles. The molecule has 0 spiro atoms. The van der Waals surface area contributed by atoms with Gasteiger partial charge in [0.05, 0.1) is 5.92 Å². The number of ketones is 1. The molecule has 2 fully saturated rings. The number of carbonyl (C=O) groups is 3. The molecule has 0 unspecified atom stereocenters. The molecule has 0 radical (unpaired) electrons. The fraction of sp³-hybridized carbons (Fsp3) is 0.625. The molecule has 76 valence electrons. The first-order valence-corrected chi connectivity index (χ1v) is 4.17. The number of carbonyl (C=O) groups excluding carboxylic acids is 1. The Kier molecular flexibility index (Phi) is 1.52. The quantitative estimate of drug-likeness (QED) is 0.508. The maximum atomic E-state index is 11.2. The van der Waals surface area contributed by atoms with Crippen molar-refractivity contribution in [3.63, 3.8) is 0 Å². The van der Waals surface area contributed by atoms with Gasteiger partial charge in [-0.25, -0.2) is 0 Å². The summed E-state index contributed by atoms with van der Waals surface area (Å²) in [5.41, 5.74) is 3.86. The third-order valence-electron chi connectivity index (χ3n) is 3.14. The van der Waals surface area contributed by atoms with Gasteiger partial charge in [-0.3, -0.25) is 14.4 Å². The van der Waals surface area contributed by atoms with E-state index < -0.39 is 35.2 Å². The van der Waals surface area contributed by atoms with Crippen LogP contribution in [-0.4, -0.2) is 33.5 Å². The van der Waals surface area contributed by atoms with Crippen LogP contribution in [0.3, 0.4) is 0 Å². The lowest BCUT2D eigenvalue weighted by Crippen LogP contribution is -2.50. The van der Waals surface area contributed by atoms with E-state index in [1.54, 1.807) is 0 Å². The second-order valence-corrected chi connectivity index (χ2v) is 3.90. The van der Waals surface area contributed by atoms with Gasteiger partial charge in [0.1, 0.15) is 11.3 Å². The lowest BCUT2D eigenvalue weighted by Gasteiger charge is -2.19. The van der Waals surface area contributed by atoms with E-state index in [1.807, 2.05) is 0 Å². The minimum absolute atomic E-state index is 0.249. The van der Waals surface area contributed by atoms with Crippen molar-refractivity contribution in [1.29, 1.82) is 0 Å². The Morgan fingerprint density at radius 3 is 2.36 bits per heavy atom. The molecule has 4 N–H and O–H groups in total. The first-order valence-electron chi connectivity index (χ1n) is 4.17. The molecule has 2 rings (SSSR count). The molecule has 2 saturated carbocycles. The largest absolute Gasteiger partial charge is 0.481 e. The van der Waals surface area contributed by atoms with Crippen molar-refractivity contribution >= 4 is 17.7 Å². The van der Waals surface area contributed by atoms with E-state index in [0.717, 1.165) is 0 Å². The molecular formula is C8H9NO5. The average molecular weight is 199 g/mol. The van der Waals surface area contributed by atoms with Crippen LogP contribution in [0.4, 0.5) is 0 Å². The van der Waals surface area contributed by atoms with E-state index in [-0.39, 0.29) is 12.2 Å². The lowest BCUT2D eigenvalue weighted by molar-refractivity contribution is -0.146. The molecule has 2 aliphatic carbocycles. The normalized spacial score (nSPS) is 44.6. The first kappa shape index (κ1) is 9.14. The van der Waals surface area contributed by atoms with Crippen molar-refractivity contribution in [2.75, 3.05) is 0 Å². The standard InChI is InChI=1S/C8H9NO5/c9-8(7(13)14)1-2(10)3-4(5(3)8)6(11)12/h3-5H,1,9H2,(H,11,12)(H,13,14)/t3-,4-,5-,8+/m1/s1. The van der Waals surface area contributed by atoms with E-state index >= 15 is 0 Å². The van der Waals surface area contributed by atoms with Crippen molar-refractivity contribution in [3.8, 4) is 0 Å². The Balaban J connectivity index is 2.31. The fourth-order valence-electron chi connectivity index (χ4n) is 2.40. The van der Waals surface area contributed by atoms with E-state index in [4.69, 9.17) is 15.9 Å². The van der Waals surface area contributed by atoms with Crippen molar-refractivity contribution < 1.29 is 24.6 Å². The Morgan fingerprint density at radius 2 is 2.00 bits per heavy atom. The fourth-order valence-corrected chi connectivity index (χ4v) is 2.40. The van der Waals surface area contributed by atoms with Crippen molar-refractivity contribution in [1.82, 2.24) is 0 Å². The second kappa shape index (κ2) is 2.33. The highest BCUT2D eigenvalue weighted by molar-refractivity contribution is 6.02. The van der Waals surface area contributed by atoms with Crippen LogP contribution in [0.25, 0.3) is 0 Å². The van der Waals surface area contributed by atoms with Crippen LogP contribution < -0.4 is 5.73 Å². The van der Waals surface area contributed by atoms with Crippen LogP contribution in [0.5, 0.6) is 0 Å². The van der Waals surface area contributed by atoms with Gasteiger partial charge in [-0.15, -0.1) is 0 Å². The van der Waals surface area contributed by atoms with Gasteiger partial charge in [-0.2, -0.15) is 0 Å². The number of fused-ring (bicyclic) bond motifs is 1. The zero-order valence-electron chi connectivity index (χ0n) is 7.14. The molecule has 0 aromatic carbocycles. The summed E-state index contributed by atoms with van der Waals surface area (Å²) in [5, 5.41) is 17.5. The lowest BCUT2D eigenvalue weighted by atomic mass is 9.91. The van der Waals surface area contributed by atoms with Gasteiger partial charge in [0.2, 0.25) is 0 Å². The summed E-state index contributed by atoms with van der Waals surface area (Å²) in [5.74, 6) is -5.05. The molecule has 6 nitrogen and oxygen atoms in total. The highest BCUT2D eigenvalue weighted by atomic mass is 16.4. The van der Waals surface area contributed by atoms with E-state index in [2.05, 4.69) is 0 Å². The Labute approximate surface area is 78.7 Å². The molecule has 0 bridgehead atoms. The molecule has 14 heavy (non-hydrogen) atoms. The van der Waals surface area contributed by atoms with Crippen molar-refractivity contribution in [3.05, 3.63) is 0 Å². The van der Waals surface area contributed by atoms with Gasteiger partial charge >= 0.3 is 11.9 Å². The van der Waals surface area contributed by atoms with Gasteiger partial charge in [0.25, 0.3) is 0 Å². The average Bonchev–Trinajstić information content (AvgIpc) is 2.72. The number of rotatable bonds is 2. The first-order chi connectivity index (χ1) is 6.39. The zero-order valence-corrected chi connectivity index (χ0v) is 7.14. The second-order valence-electron chi connectivity index (χ2n) is 3.90. The maximum absolute atomic E-state index is 11.2. The summed E-state index contributed by atoms with van der Waals surface area (Å²) >= 11 is 0. The molecule has 6 heteroatoms. The Morgan fingerprint density at radius 1 is 1.43 bits per heavy atom.